The van der Waals surface area contributed by atoms with Gasteiger partial charge in [0.2, 0.25) is 10.0 Å². The first-order valence-electron chi connectivity index (χ1n) is 6.48. The van der Waals surface area contributed by atoms with E-state index < -0.39 is 22.0 Å². The highest BCUT2D eigenvalue weighted by Crippen LogP contribution is 2.36. The second-order valence-electron chi connectivity index (χ2n) is 4.76. The Morgan fingerprint density at radius 3 is 2.80 bits per heavy atom. The molecule has 2 saturated heterocycles. The number of hydrogen-bond donors (Lipinski definition) is 0. The number of carbonyl (C=O) groups is 1. The lowest BCUT2D eigenvalue weighted by Gasteiger charge is -2.25. The van der Waals surface area contributed by atoms with E-state index in [2.05, 4.69) is 0 Å². The summed E-state index contributed by atoms with van der Waals surface area (Å²) in [6.07, 6.45) is 0.121. The van der Waals surface area contributed by atoms with Gasteiger partial charge in [-0.25, -0.2) is 8.42 Å². The molecule has 2 bridgehead atoms. The van der Waals surface area contributed by atoms with E-state index in [-0.39, 0.29) is 17.5 Å². The van der Waals surface area contributed by atoms with Crippen molar-refractivity contribution >= 4 is 16.0 Å². The fourth-order valence-corrected chi connectivity index (χ4v) is 4.40. The normalized spacial score (nSPS) is 25.8. The highest BCUT2D eigenvalue weighted by Gasteiger charge is 2.52. The van der Waals surface area contributed by atoms with Gasteiger partial charge in [-0.05, 0) is 19.1 Å². The molecule has 2 heterocycles. The number of carbonyl (C=O) groups excluding carboxylic acids is 1. The highest BCUT2D eigenvalue weighted by atomic mass is 32.2. The first-order chi connectivity index (χ1) is 9.54. The molecule has 2 unspecified atom stereocenters. The second-order valence-corrected chi connectivity index (χ2v) is 6.62. The lowest BCUT2D eigenvalue weighted by molar-refractivity contribution is -0.148. The Kier molecular flexibility index (Phi) is 3.18. The summed E-state index contributed by atoms with van der Waals surface area (Å²) in [4.78, 5) is 11.7. The number of hydrogen-bond acceptors (Lipinski definition) is 5. The topological polar surface area (TPSA) is 72.9 Å². The Morgan fingerprint density at radius 1 is 1.40 bits per heavy atom. The summed E-state index contributed by atoms with van der Waals surface area (Å²) in [5.74, 6) is -0.148. The van der Waals surface area contributed by atoms with Crippen LogP contribution in [0.15, 0.2) is 29.2 Å². The number of morpholine rings is 1. The number of benzene rings is 1. The first kappa shape index (κ1) is 13.4. The molecule has 6 nitrogen and oxygen atoms in total. The van der Waals surface area contributed by atoms with Crippen LogP contribution in [0.2, 0.25) is 0 Å². The molecule has 0 saturated carbocycles. The van der Waals surface area contributed by atoms with Crippen molar-refractivity contribution in [2.24, 2.45) is 0 Å². The second kappa shape index (κ2) is 4.75. The van der Waals surface area contributed by atoms with E-state index in [1.54, 1.807) is 25.1 Å². The molecule has 0 N–H and O–H groups in total. The largest absolute Gasteiger partial charge is 0.492 e. The van der Waals surface area contributed by atoms with Crippen LogP contribution < -0.4 is 4.74 Å². The van der Waals surface area contributed by atoms with E-state index in [0.717, 1.165) is 0 Å². The van der Waals surface area contributed by atoms with Gasteiger partial charge in [-0.3, -0.25) is 4.79 Å². The van der Waals surface area contributed by atoms with Crippen LogP contribution in [0.4, 0.5) is 0 Å². The van der Waals surface area contributed by atoms with Crippen LogP contribution in [0, 0.1) is 0 Å². The zero-order valence-electron chi connectivity index (χ0n) is 11.0. The average molecular weight is 297 g/mol. The molecule has 0 radical (unpaired) electrons. The number of sulfonamides is 1. The summed E-state index contributed by atoms with van der Waals surface area (Å²) in [6.45, 7) is 2.39. The van der Waals surface area contributed by atoms with E-state index in [1.165, 1.54) is 10.4 Å². The molecule has 20 heavy (non-hydrogen) atoms. The molecule has 2 fully saturated rings. The summed E-state index contributed by atoms with van der Waals surface area (Å²) in [5, 5.41) is 0. The van der Waals surface area contributed by atoms with E-state index in [1.807, 2.05) is 0 Å². The number of nitrogens with zero attached hydrogens (tertiary/aromatic N) is 1. The molecule has 3 rings (SSSR count). The Balaban J connectivity index is 1.99. The third-order valence-corrected chi connectivity index (χ3v) is 5.42. The number of para-hydroxylation sites is 1. The highest BCUT2D eigenvalue weighted by molar-refractivity contribution is 7.89. The van der Waals surface area contributed by atoms with Crippen molar-refractivity contribution < 1.29 is 22.7 Å². The van der Waals surface area contributed by atoms with Gasteiger partial charge in [0.25, 0.3) is 0 Å². The molecule has 0 amide bonds. The SMILES string of the molecule is CCOc1ccccc1S(=O)(=O)N1CC2CC1C(=O)O2. The summed E-state index contributed by atoms with van der Waals surface area (Å²) >= 11 is 0. The Labute approximate surface area is 117 Å². The molecule has 108 valence electrons. The van der Waals surface area contributed by atoms with Crippen molar-refractivity contribution in [1.29, 1.82) is 0 Å². The molecule has 0 spiro atoms. The van der Waals surface area contributed by atoms with Crippen LogP contribution in [0.25, 0.3) is 0 Å². The summed E-state index contributed by atoms with van der Waals surface area (Å²) in [6, 6.07) is 5.77. The van der Waals surface area contributed by atoms with Crippen molar-refractivity contribution in [2.45, 2.75) is 30.4 Å². The number of rotatable bonds is 4. The van der Waals surface area contributed by atoms with Gasteiger partial charge >= 0.3 is 5.97 Å². The summed E-state index contributed by atoms with van der Waals surface area (Å²) in [5.41, 5.74) is 0. The molecular weight excluding hydrogens is 282 g/mol. The van der Waals surface area contributed by atoms with Gasteiger partial charge < -0.3 is 9.47 Å². The first-order valence-corrected chi connectivity index (χ1v) is 7.92. The minimum atomic E-state index is -3.75. The molecule has 7 heteroatoms. The van der Waals surface area contributed by atoms with Crippen LogP contribution in [0.5, 0.6) is 5.75 Å². The van der Waals surface area contributed by atoms with Gasteiger partial charge in [0.05, 0.1) is 13.2 Å². The van der Waals surface area contributed by atoms with Crippen molar-refractivity contribution in [3.05, 3.63) is 24.3 Å². The minimum Gasteiger partial charge on any atom is -0.492 e. The van der Waals surface area contributed by atoms with E-state index >= 15 is 0 Å². The van der Waals surface area contributed by atoms with E-state index in [9.17, 15) is 13.2 Å². The third kappa shape index (κ3) is 1.97. The zero-order valence-corrected chi connectivity index (χ0v) is 11.8. The predicted octanol–water partition coefficient (Wildman–Crippen LogP) is 0.774. The van der Waals surface area contributed by atoms with Crippen LogP contribution >= 0.6 is 0 Å². The molecule has 2 aliphatic heterocycles. The van der Waals surface area contributed by atoms with Crippen LogP contribution in [0.3, 0.4) is 0 Å². The van der Waals surface area contributed by atoms with E-state index in [4.69, 9.17) is 9.47 Å². The van der Waals surface area contributed by atoms with Crippen molar-refractivity contribution in [3.63, 3.8) is 0 Å². The van der Waals surface area contributed by atoms with Crippen molar-refractivity contribution in [3.8, 4) is 5.75 Å². The Bertz CT molecular complexity index is 642. The number of ether oxygens (including phenoxy) is 2. The van der Waals surface area contributed by atoms with Gasteiger partial charge in [0.15, 0.2) is 0 Å². The standard InChI is InChI=1S/C13H15NO5S/c1-2-18-11-5-3-4-6-12(11)20(16,17)14-8-9-7-10(14)13(15)19-9/h3-6,9-10H,2,7-8H2,1H3. The molecular formula is C13H15NO5S. The smallest absolute Gasteiger partial charge is 0.324 e. The maximum Gasteiger partial charge on any atom is 0.324 e. The predicted molar refractivity (Wildman–Crippen MR) is 69.8 cm³/mol. The number of esters is 1. The fourth-order valence-electron chi connectivity index (χ4n) is 2.64. The summed E-state index contributed by atoms with van der Waals surface area (Å²) < 4.78 is 37.0. The quantitative estimate of drug-likeness (QED) is 0.768. The van der Waals surface area contributed by atoms with Crippen molar-refractivity contribution in [1.82, 2.24) is 4.31 Å². The third-order valence-electron chi connectivity index (χ3n) is 3.51. The van der Waals surface area contributed by atoms with Gasteiger partial charge in [-0.2, -0.15) is 4.31 Å². The van der Waals surface area contributed by atoms with Crippen molar-refractivity contribution in [2.75, 3.05) is 13.2 Å². The lowest BCUT2D eigenvalue weighted by Crippen LogP contribution is -2.44. The lowest BCUT2D eigenvalue weighted by atomic mass is 10.2. The number of fused-ring (bicyclic) bond motifs is 2. The molecule has 1 aromatic carbocycles. The zero-order chi connectivity index (χ0) is 14.3. The molecule has 1 aromatic rings. The van der Waals surface area contributed by atoms with Crippen LogP contribution in [0.1, 0.15) is 13.3 Å². The summed E-state index contributed by atoms with van der Waals surface area (Å²) in [7, 11) is -3.75. The molecule has 2 aliphatic rings. The molecule has 0 aliphatic carbocycles. The van der Waals surface area contributed by atoms with E-state index in [0.29, 0.717) is 18.8 Å². The molecule has 0 aromatic heterocycles. The average Bonchev–Trinajstić information content (AvgIpc) is 2.99. The van der Waals surface area contributed by atoms with Gasteiger partial charge in [0.1, 0.15) is 22.8 Å². The molecule has 2 atom stereocenters. The van der Waals surface area contributed by atoms with Gasteiger partial charge in [-0.1, -0.05) is 12.1 Å². The van der Waals surface area contributed by atoms with Crippen LogP contribution in [-0.4, -0.2) is 44.0 Å². The van der Waals surface area contributed by atoms with Gasteiger partial charge in [0, 0.05) is 6.42 Å². The monoisotopic (exact) mass is 297 g/mol. The van der Waals surface area contributed by atoms with Crippen LogP contribution in [-0.2, 0) is 19.6 Å². The maximum atomic E-state index is 12.7. The fraction of sp³-hybridized carbons (Fsp3) is 0.462. The Morgan fingerprint density at radius 2 is 2.15 bits per heavy atom. The minimum absolute atomic E-state index is 0.0993. The van der Waals surface area contributed by atoms with Gasteiger partial charge in [-0.15, -0.1) is 0 Å². The maximum absolute atomic E-state index is 12.7. The Hall–Kier alpha value is -1.60.